The van der Waals surface area contributed by atoms with Crippen molar-refractivity contribution in [3.05, 3.63) is 67.6 Å². The Bertz CT molecular complexity index is 869. The molecule has 2 aromatic carbocycles. The Labute approximate surface area is 191 Å². The molecule has 1 atom stereocenters. The standard InChI is InChI=1S/C21H22Cl4N2O2/c1-3-9-26-21(29)13(2)27(12-16-17(23)5-4-6-18(16)24)20(28)10-14-7-8-15(22)11-19(14)25/h4-8,11,13H,3,9-10,12H2,1-2H3,(H,26,29)/t13-/m0/s1. The highest BCUT2D eigenvalue weighted by Gasteiger charge is 2.27. The van der Waals surface area contributed by atoms with E-state index in [0.717, 1.165) is 6.42 Å². The van der Waals surface area contributed by atoms with Crippen LogP contribution in [0, 0.1) is 0 Å². The maximum atomic E-state index is 13.2. The van der Waals surface area contributed by atoms with E-state index in [0.29, 0.717) is 37.8 Å². The van der Waals surface area contributed by atoms with Gasteiger partial charge in [0.15, 0.2) is 0 Å². The molecule has 0 heterocycles. The zero-order valence-corrected chi connectivity index (χ0v) is 19.2. The minimum atomic E-state index is -0.715. The number of hydrogen-bond acceptors (Lipinski definition) is 2. The van der Waals surface area contributed by atoms with Gasteiger partial charge in [0.25, 0.3) is 0 Å². The minimum absolute atomic E-state index is 0.0173. The summed E-state index contributed by atoms with van der Waals surface area (Å²) in [5.74, 6) is -0.519. The fourth-order valence-electron chi connectivity index (χ4n) is 2.76. The predicted octanol–water partition coefficient (Wildman–Crippen LogP) is 5.79. The summed E-state index contributed by atoms with van der Waals surface area (Å²) >= 11 is 24.7. The molecule has 1 N–H and O–H groups in total. The van der Waals surface area contributed by atoms with Crippen molar-refractivity contribution in [1.29, 1.82) is 0 Å². The molecule has 2 amide bonds. The molecule has 0 aromatic heterocycles. The van der Waals surface area contributed by atoms with Crippen LogP contribution in [0.1, 0.15) is 31.4 Å². The minimum Gasteiger partial charge on any atom is -0.354 e. The molecule has 0 aliphatic heterocycles. The topological polar surface area (TPSA) is 49.4 Å². The van der Waals surface area contributed by atoms with Gasteiger partial charge in [-0.25, -0.2) is 0 Å². The van der Waals surface area contributed by atoms with E-state index in [1.807, 2.05) is 6.92 Å². The van der Waals surface area contributed by atoms with E-state index >= 15 is 0 Å². The molecule has 0 spiro atoms. The number of nitrogens with zero attached hydrogens (tertiary/aromatic N) is 1. The summed E-state index contributed by atoms with van der Waals surface area (Å²) in [6, 6.07) is 9.36. The number of halogens is 4. The van der Waals surface area contributed by atoms with Crippen LogP contribution < -0.4 is 5.32 Å². The summed E-state index contributed by atoms with van der Waals surface area (Å²) in [4.78, 5) is 27.2. The van der Waals surface area contributed by atoms with Crippen molar-refractivity contribution in [2.24, 2.45) is 0 Å². The second kappa shape index (κ2) is 11.1. The van der Waals surface area contributed by atoms with Gasteiger partial charge < -0.3 is 10.2 Å². The third-order valence-electron chi connectivity index (χ3n) is 4.46. The largest absolute Gasteiger partial charge is 0.354 e. The summed E-state index contributed by atoms with van der Waals surface area (Å²) < 4.78 is 0. The summed E-state index contributed by atoms with van der Waals surface area (Å²) in [6.07, 6.45) is 0.812. The molecule has 0 aliphatic carbocycles. The van der Waals surface area contributed by atoms with E-state index in [4.69, 9.17) is 46.4 Å². The molecular weight excluding hydrogens is 454 g/mol. The molecule has 29 heavy (non-hydrogen) atoms. The molecule has 0 saturated heterocycles. The molecule has 4 nitrogen and oxygen atoms in total. The average Bonchev–Trinajstić information content (AvgIpc) is 2.67. The Morgan fingerprint density at radius 1 is 1.03 bits per heavy atom. The Morgan fingerprint density at radius 3 is 2.28 bits per heavy atom. The summed E-state index contributed by atoms with van der Waals surface area (Å²) in [6.45, 7) is 4.27. The van der Waals surface area contributed by atoms with Gasteiger partial charge in [0, 0.05) is 38.7 Å². The van der Waals surface area contributed by atoms with Crippen LogP contribution in [0.2, 0.25) is 20.1 Å². The van der Waals surface area contributed by atoms with Gasteiger partial charge in [0.05, 0.1) is 6.42 Å². The fraction of sp³-hybridized carbons (Fsp3) is 0.333. The van der Waals surface area contributed by atoms with E-state index in [1.54, 1.807) is 43.3 Å². The molecule has 0 radical (unpaired) electrons. The van der Waals surface area contributed by atoms with Crippen molar-refractivity contribution < 1.29 is 9.59 Å². The van der Waals surface area contributed by atoms with Gasteiger partial charge in [-0.1, -0.05) is 65.5 Å². The smallest absolute Gasteiger partial charge is 0.242 e. The molecule has 8 heteroatoms. The molecule has 0 aliphatic rings. The van der Waals surface area contributed by atoms with E-state index in [1.165, 1.54) is 4.90 Å². The number of hydrogen-bond donors (Lipinski definition) is 1. The number of nitrogens with one attached hydrogen (secondary N) is 1. The van der Waals surface area contributed by atoms with E-state index in [-0.39, 0.29) is 24.8 Å². The highest BCUT2D eigenvalue weighted by Crippen LogP contribution is 2.27. The zero-order valence-electron chi connectivity index (χ0n) is 16.1. The number of amides is 2. The Kier molecular flexibility index (Phi) is 9.09. The third kappa shape index (κ3) is 6.51. The van der Waals surface area contributed by atoms with Crippen molar-refractivity contribution in [3.63, 3.8) is 0 Å². The molecule has 2 rings (SSSR count). The highest BCUT2D eigenvalue weighted by atomic mass is 35.5. The van der Waals surface area contributed by atoms with Crippen LogP contribution >= 0.6 is 46.4 Å². The van der Waals surface area contributed by atoms with Gasteiger partial charge in [-0.05, 0) is 43.2 Å². The first-order chi connectivity index (χ1) is 13.7. The average molecular weight is 476 g/mol. The Hall–Kier alpha value is -1.46. The first kappa shape index (κ1) is 23.8. The van der Waals surface area contributed by atoms with E-state index < -0.39 is 6.04 Å². The lowest BCUT2D eigenvalue weighted by Gasteiger charge is -2.29. The normalized spacial score (nSPS) is 11.8. The highest BCUT2D eigenvalue weighted by molar-refractivity contribution is 6.36. The lowest BCUT2D eigenvalue weighted by atomic mass is 10.1. The summed E-state index contributed by atoms with van der Waals surface area (Å²) in [5, 5.41) is 4.56. The third-order valence-corrected chi connectivity index (χ3v) is 5.76. The summed E-state index contributed by atoms with van der Waals surface area (Å²) in [7, 11) is 0. The maximum absolute atomic E-state index is 13.2. The van der Waals surface area contributed by atoms with Crippen LogP contribution in [-0.2, 0) is 22.6 Å². The van der Waals surface area contributed by atoms with Crippen LogP contribution in [0.5, 0.6) is 0 Å². The van der Waals surface area contributed by atoms with Gasteiger partial charge in [-0.2, -0.15) is 0 Å². The van der Waals surface area contributed by atoms with Crippen LogP contribution in [0.15, 0.2) is 36.4 Å². The molecular formula is C21H22Cl4N2O2. The number of carbonyl (C=O) groups excluding carboxylic acids is 2. The van der Waals surface area contributed by atoms with Crippen LogP contribution in [0.4, 0.5) is 0 Å². The Morgan fingerprint density at radius 2 is 1.69 bits per heavy atom. The van der Waals surface area contributed by atoms with Gasteiger partial charge in [0.1, 0.15) is 6.04 Å². The van der Waals surface area contributed by atoms with Crippen molar-refractivity contribution in [2.45, 2.75) is 39.3 Å². The SMILES string of the molecule is CCCNC(=O)[C@H](C)N(Cc1c(Cl)cccc1Cl)C(=O)Cc1ccc(Cl)cc1Cl. The summed E-state index contributed by atoms with van der Waals surface area (Å²) in [5.41, 5.74) is 1.21. The second-order valence-electron chi connectivity index (χ2n) is 6.60. The van der Waals surface area contributed by atoms with Crippen molar-refractivity contribution in [2.75, 3.05) is 6.54 Å². The molecule has 2 aromatic rings. The first-order valence-corrected chi connectivity index (χ1v) is 10.7. The maximum Gasteiger partial charge on any atom is 0.242 e. The number of benzene rings is 2. The van der Waals surface area contributed by atoms with Gasteiger partial charge in [-0.15, -0.1) is 0 Å². The molecule has 0 saturated carbocycles. The van der Waals surface area contributed by atoms with E-state index in [9.17, 15) is 9.59 Å². The monoisotopic (exact) mass is 474 g/mol. The van der Waals surface area contributed by atoms with Crippen molar-refractivity contribution in [3.8, 4) is 0 Å². The van der Waals surface area contributed by atoms with Crippen LogP contribution in [0.3, 0.4) is 0 Å². The lowest BCUT2D eigenvalue weighted by molar-refractivity contribution is -0.140. The lowest BCUT2D eigenvalue weighted by Crippen LogP contribution is -2.48. The molecule has 0 unspecified atom stereocenters. The predicted molar refractivity (Wildman–Crippen MR) is 120 cm³/mol. The van der Waals surface area contributed by atoms with E-state index in [2.05, 4.69) is 5.32 Å². The first-order valence-electron chi connectivity index (χ1n) is 9.18. The van der Waals surface area contributed by atoms with Gasteiger partial charge in [-0.3, -0.25) is 9.59 Å². The van der Waals surface area contributed by atoms with Crippen molar-refractivity contribution in [1.82, 2.24) is 10.2 Å². The molecule has 0 fully saturated rings. The Balaban J connectivity index is 2.32. The quantitative estimate of drug-likeness (QED) is 0.525. The van der Waals surface area contributed by atoms with Crippen molar-refractivity contribution >= 4 is 58.2 Å². The molecule has 156 valence electrons. The number of rotatable bonds is 8. The van der Waals surface area contributed by atoms with Gasteiger partial charge >= 0.3 is 0 Å². The molecule has 0 bridgehead atoms. The van der Waals surface area contributed by atoms with Crippen LogP contribution in [-0.4, -0.2) is 29.3 Å². The fourth-order valence-corrected chi connectivity index (χ4v) is 3.75. The van der Waals surface area contributed by atoms with Crippen LogP contribution in [0.25, 0.3) is 0 Å². The number of carbonyl (C=O) groups is 2. The van der Waals surface area contributed by atoms with Gasteiger partial charge in [0.2, 0.25) is 11.8 Å². The zero-order chi connectivity index (χ0) is 21.6. The second-order valence-corrected chi connectivity index (χ2v) is 8.26.